The largest absolute Gasteiger partial charge is 0.326 e. The summed E-state index contributed by atoms with van der Waals surface area (Å²) in [6.07, 6.45) is 0. The maximum absolute atomic E-state index is 12.2. The van der Waals surface area contributed by atoms with Gasteiger partial charge in [-0.15, -0.1) is 0 Å². The van der Waals surface area contributed by atoms with Gasteiger partial charge in [0.1, 0.15) is 10.7 Å². The van der Waals surface area contributed by atoms with Crippen LogP contribution in [0.4, 0.5) is 10.5 Å². The average Bonchev–Trinajstić information content (AvgIpc) is 2.88. The van der Waals surface area contributed by atoms with E-state index in [1.807, 2.05) is 0 Å². The molecule has 0 fully saturated rings. The number of anilines is 1. The number of carbonyl (C=O) groups is 2. The Labute approximate surface area is 194 Å². The van der Waals surface area contributed by atoms with Crippen LogP contribution in [-0.2, 0) is 0 Å². The zero-order chi connectivity index (χ0) is 21.3. The molecule has 2 aromatic carbocycles. The van der Waals surface area contributed by atoms with E-state index in [1.54, 1.807) is 12.1 Å². The number of nitrogens with one attached hydrogen (secondary N) is 2. The first-order chi connectivity index (χ1) is 13.7. The average molecular weight is 513 g/mol. The summed E-state index contributed by atoms with van der Waals surface area (Å²) in [6.45, 7) is 0. The molecule has 1 heterocycles. The number of amides is 3. The monoisotopic (exact) mass is 510 g/mol. The summed E-state index contributed by atoms with van der Waals surface area (Å²) in [7, 11) is 0. The number of benzene rings is 2. The molecule has 3 aromatic rings. The number of halogens is 6. The molecule has 0 bridgehead atoms. The maximum Gasteiger partial charge on any atom is 0.326 e. The Bertz CT molecular complexity index is 1110. The molecule has 0 unspecified atom stereocenters. The van der Waals surface area contributed by atoms with Crippen LogP contribution in [0.5, 0.6) is 0 Å². The summed E-state index contributed by atoms with van der Waals surface area (Å²) in [5, 5.41) is 9.02. The fourth-order valence-electron chi connectivity index (χ4n) is 2.32. The number of imide groups is 1. The summed E-state index contributed by atoms with van der Waals surface area (Å²) >= 11 is 36.3. The molecule has 0 aliphatic rings. The normalized spacial score (nSPS) is 10.7. The van der Waals surface area contributed by atoms with E-state index >= 15 is 0 Å². The number of aromatic nitrogens is 2. The molecule has 0 saturated carbocycles. The zero-order valence-corrected chi connectivity index (χ0v) is 18.5. The lowest BCUT2D eigenvalue weighted by Crippen LogP contribution is -2.34. The molecule has 6 nitrogen and oxygen atoms in total. The van der Waals surface area contributed by atoms with Crippen molar-refractivity contribution in [3.8, 4) is 5.69 Å². The van der Waals surface area contributed by atoms with Gasteiger partial charge in [0.2, 0.25) is 0 Å². The van der Waals surface area contributed by atoms with Crippen LogP contribution in [0, 0.1) is 0 Å². The van der Waals surface area contributed by atoms with Gasteiger partial charge in [-0.3, -0.25) is 10.1 Å². The zero-order valence-electron chi connectivity index (χ0n) is 13.9. The molecular weight excluding hydrogens is 505 g/mol. The third kappa shape index (κ3) is 4.74. The first kappa shape index (κ1) is 22.0. The molecule has 12 heteroatoms. The van der Waals surface area contributed by atoms with Crippen molar-refractivity contribution in [2.45, 2.75) is 0 Å². The lowest BCUT2D eigenvalue weighted by Gasteiger charge is -2.12. The molecule has 0 radical (unpaired) electrons. The van der Waals surface area contributed by atoms with Gasteiger partial charge in [-0.05, 0) is 24.3 Å². The van der Waals surface area contributed by atoms with Gasteiger partial charge >= 0.3 is 6.03 Å². The number of rotatable bonds is 3. The predicted molar refractivity (Wildman–Crippen MR) is 117 cm³/mol. The highest BCUT2D eigenvalue weighted by Gasteiger charge is 2.20. The van der Waals surface area contributed by atoms with Crippen molar-refractivity contribution in [3.63, 3.8) is 0 Å². The summed E-state index contributed by atoms with van der Waals surface area (Å²) in [5.41, 5.74) is 0.580. The van der Waals surface area contributed by atoms with Crippen molar-refractivity contribution in [1.29, 1.82) is 0 Å². The van der Waals surface area contributed by atoms with Gasteiger partial charge in [-0.25, -0.2) is 9.48 Å². The highest BCUT2D eigenvalue weighted by molar-refractivity contribution is 6.47. The lowest BCUT2D eigenvalue weighted by atomic mass is 10.2. The fourth-order valence-corrected chi connectivity index (χ4v) is 3.73. The lowest BCUT2D eigenvalue weighted by molar-refractivity contribution is 0.0967. The summed E-state index contributed by atoms with van der Waals surface area (Å²) in [5.74, 6) is -0.672. The Morgan fingerprint density at radius 1 is 0.897 bits per heavy atom. The van der Waals surface area contributed by atoms with E-state index in [1.165, 1.54) is 28.9 Å². The van der Waals surface area contributed by atoms with E-state index in [-0.39, 0.29) is 47.3 Å². The van der Waals surface area contributed by atoms with Crippen LogP contribution < -0.4 is 10.6 Å². The first-order valence-electron chi connectivity index (χ1n) is 7.65. The molecule has 29 heavy (non-hydrogen) atoms. The van der Waals surface area contributed by atoms with Gasteiger partial charge in [0.15, 0.2) is 10.3 Å². The van der Waals surface area contributed by atoms with Crippen molar-refractivity contribution < 1.29 is 9.59 Å². The molecule has 0 spiro atoms. The van der Waals surface area contributed by atoms with Crippen LogP contribution in [0.1, 0.15) is 10.4 Å². The first-order valence-corrected chi connectivity index (χ1v) is 9.91. The van der Waals surface area contributed by atoms with Gasteiger partial charge in [-0.2, -0.15) is 5.10 Å². The second-order valence-corrected chi connectivity index (χ2v) is 7.80. The van der Waals surface area contributed by atoms with E-state index in [9.17, 15) is 9.59 Å². The molecule has 2 N–H and O–H groups in total. The van der Waals surface area contributed by atoms with Crippen molar-refractivity contribution >= 4 is 87.2 Å². The second kappa shape index (κ2) is 9.00. The Kier molecular flexibility index (Phi) is 6.83. The van der Waals surface area contributed by atoms with Crippen LogP contribution in [0.15, 0.2) is 36.4 Å². The topological polar surface area (TPSA) is 76.0 Å². The molecule has 150 valence electrons. The van der Waals surface area contributed by atoms with E-state index in [0.717, 1.165) is 0 Å². The van der Waals surface area contributed by atoms with Crippen molar-refractivity contribution in [3.05, 3.63) is 72.4 Å². The van der Waals surface area contributed by atoms with E-state index in [0.29, 0.717) is 0 Å². The SMILES string of the molecule is O=C(NC(=O)c1ccccc1Cl)Nc1cc(Cl)c(-n2nc(Cl)c(Cl)c2Cl)c(Cl)c1. The highest BCUT2D eigenvalue weighted by atomic mass is 35.5. The summed E-state index contributed by atoms with van der Waals surface area (Å²) in [4.78, 5) is 24.3. The maximum atomic E-state index is 12.2. The molecule has 0 atom stereocenters. The summed E-state index contributed by atoms with van der Waals surface area (Å²) < 4.78 is 1.17. The molecule has 3 rings (SSSR count). The number of nitrogens with zero attached hydrogens (tertiary/aromatic N) is 2. The van der Waals surface area contributed by atoms with Crippen LogP contribution in [0.3, 0.4) is 0 Å². The molecule has 0 aliphatic carbocycles. The quantitative estimate of drug-likeness (QED) is 0.407. The third-order valence-electron chi connectivity index (χ3n) is 3.57. The summed E-state index contributed by atoms with van der Waals surface area (Å²) in [6, 6.07) is 8.28. The van der Waals surface area contributed by atoms with E-state index < -0.39 is 11.9 Å². The van der Waals surface area contributed by atoms with Gasteiger partial charge < -0.3 is 5.32 Å². The van der Waals surface area contributed by atoms with Gasteiger partial charge in [0.25, 0.3) is 5.91 Å². The fraction of sp³-hybridized carbons (Fsp3) is 0. The Hall–Kier alpha value is -1.67. The second-order valence-electron chi connectivity index (χ2n) is 5.48. The standard InChI is InChI=1S/C17H8Cl6N4O2/c18-9-4-2-1-3-8(9)16(28)25-17(29)24-7-5-10(19)13(11(20)6-7)27-15(23)12(21)14(22)26-27/h1-6H,(H2,24,25,28,29). The molecular formula is C17H8Cl6N4O2. The molecule has 3 amide bonds. The number of urea groups is 1. The molecule has 0 saturated heterocycles. The molecule has 0 aliphatic heterocycles. The minimum atomic E-state index is -0.807. The van der Waals surface area contributed by atoms with E-state index in [2.05, 4.69) is 15.7 Å². The van der Waals surface area contributed by atoms with E-state index in [4.69, 9.17) is 69.6 Å². The Morgan fingerprint density at radius 2 is 1.52 bits per heavy atom. The van der Waals surface area contributed by atoms with Crippen LogP contribution in [-0.4, -0.2) is 21.7 Å². The van der Waals surface area contributed by atoms with Crippen molar-refractivity contribution in [2.24, 2.45) is 0 Å². The van der Waals surface area contributed by atoms with Crippen molar-refractivity contribution in [2.75, 3.05) is 5.32 Å². The predicted octanol–water partition coefficient (Wildman–Crippen LogP) is 6.75. The minimum Gasteiger partial charge on any atom is -0.308 e. The highest BCUT2D eigenvalue weighted by Crippen LogP contribution is 2.38. The smallest absolute Gasteiger partial charge is 0.308 e. The van der Waals surface area contributed by atoms with Gasteiger partial charge in [0.05, 0.1) is 20.6 Å². The number of carbonyl (C=O) groups excluding carboxylic acids is 2. The minimum absolute atomic E-state index is 0.0178. The molecule has 1 aromatic heterocycles. The Morgan fingerprint density at radius 3 is 2.07 bits per heavy atom. The van der Waals surface area contributed by atoms with Gasteiger partial charge in [0, 0.05) is 5.69 Å². The third-order valence-corrected chi connectivity index (χ3v) is 5.64. The Balaban J connectivity index is 1.80. The van der Waals surface area contributed by atoms with Crippen molar-refractivity contribution in [1.82, 2.24) is 15.1 Å². The van der Waals surface area contributed by atoms with Crippen LogP contribution >= 0.6 is 69.6 Å². The van der Waals surface area contributed by atoms with Crippen LogP contribution in [0.2, 0.25) is 30.4 Å². The number of hydrogen-bond donors (Lipinski definition) is 2. The number of hydrogen-bond acceptors (Lipinski definition) is 3. The van der Waals surface area contributed by atoms with Crippen LogP contribution in [0.25, 0.3) is 5.69 Å². The van der Waals surface area contributed by atoms with Gasteiger partial charge in [-0.1, -0.05) is 81.7 Å².